The molecule has 0 aliphatic carbocycles. The average molecular weight is 290 g/mol. The summed E-state index contributed by atoms with van der Waals surface area (Å²) in [7, 11) is 0. The Morgan fingerprint density at radius 3 is 2.50 bits per heavy atom. The van der Waals surface area contributed by atoms with Gasteiger partial charge in [0.2, 0.25) is 0 Å². The van der Waals surface area contributed by atoms with Crippen molar-refractivity contribution in [2.24, 2.45) is 5.92 Å². The van der Waals surface area contributed by atoms with Gasteiger partial charge in [-0.2, -0.15) is 0 Å². The summed E-state index contributed by atoms with van der Waals surface area (Å²) in [6.07, 6.45) is 5.63. The van der Waals surface area contributed by atoms with Crippen molar-refractivity contribution in [3.05, 3.63) is 45.9 Å². The highest BCUT2D eigenvalue weighted by atomic mass is 32.1. The van der Waals surface area contributed by atoms with Gasteiger partial charge >= 0.3 is 0 Å². The second-order valence-corrected chi connectivity index (χ2v) is 6.87. The number of nitrogens with zero attached hydrogens (tertiary/aromatic N) is 1. The van der Waals surface area contributed by atoms with Gasteiger partial charge in [-0.25, -0.2) is 0 Å². The molecular weight excluding hydrogens is 264 g/mol. The van der Waals surface area contributed by atoms with Crippen molar-refractivity contribution >= 4 is 11.3 Å². The van der Waals surface area contributed by atoms with E-state index in [1.54, 1.807) is 0 Å². The number of thiophene rings is 1. The first-order valence-electron chi connectivity index (χ1n) is 7.60. The standard InChI is InChI=1S/C17H26N2S/c1-5-15-7-8-16(20-15)12-19-10-9-14(11-19)17(13(3)4)18-6-2/h7-11,13,17-18H,5-6,12H2,1-4H3. The Kier molecular flexibility index (Phi) is 5.44. The summed E-state index contributed by atoms with van der Waals surface area (Å²) in [6, 6.07) is 7.21. The van der Waals surface area contributed by atoms with Crippen LogP contribution in [0.3, 0.4) is 0 Å². The SMILES string of the molecule is CCNC(c1ccn(Cc2ccc(CC)s2)c1)C(C)C. The highest BCUT2D eigenvalue weighted by molar-refractivity contribution is 7.11. The van der Waals surface area contributed by atoms with Gasteiger partial charge in [-0.15, -0.1) is 11.3 Å². The Labute approximate surface area is 126 Å². The molecule has 0 fully saturated rings. The Morgan fingerprint density at radius 1 is 1.15 bits per heavy atom. The number of aromatic nitrogens is 1. The first-order chi connectivity index (χ1) is 9.63. The van der Waals surface area contributed by atoms with E-state index < -0.39 is 0 Å². The third kappa shape index (κ3) is 3.74. The molecule has 0 aliphatic heterocycles. The van der Waals surface area contributed by atoms with E-state index in [4.69, 9.17) is 0 Å². The smallest absolute Gasteiger partial charge is 0.0563 e. The zero-order chi connectivity index (χ0) is 14.5. The molecule has 0 bridgehead atoms. The second-order valence-electron chi connectivity index (χ2n) is 5.62. The minimum Gasteiger partial charge on any atom is -0.349 e. The van der Waals surface area contributed by atoms with E-state index >= 15 is 0 Å². The molecule has 0 saturated heterocycles. The van der Waals surface area contributed by atoms with E-state index in [0.29, 0.717) is 12.0 Å². The lowest BCUT2D eigenvalue weighted by Crippen LogP contribution is -2.25. The van der Waals surface area contributed by atoms with Crippen molar-refractivity contribution in [2.45, 2.75) is 46.7 Å². The molecule has 0 radical (unpaired) electrons. The molecule has 1 N–H and O–H groups in total. The van der Waals surface area contributed by atoms with Crippen LogP contribution in [-0.2, 0) is 13.0 Å². The largest absolute Gasteiger partial charge is 0.349 e. The average Bonchev–Trinajstić information content (AvgIpc) is 3.05. The van der Waals surface area contributed by atoms with E-state index in [1.807, 2.05) is 11.3 Å². The molecule has 0 spiro atoms. The molecule has 0 saturated carbocycles. The molecule has 0 amide bonds. The van der Waals surface area contributed by atoms with Crippen LogP contribution in [-0.4, -0.2) is 11.1 Å². The first-order valence-corrected chi connectivity index (χ1v) is 8.42. The molecule has 2 heterocycles. The molecule has 1 unspecified atom stereocenters. The van der Waals surface area contributed by atoms with Crippen LogP contribution in [0.4, 0.5) is 0 Å². The molecule has 20 heavy (non-hydrogen) atoms. The third-order valence-electron chi connectivity index (χ3n) is 3.63. The molecule has 110 valence electrons. The normalized spacial score (nSPS) is 13.1. The minimum absolute atomic E-state index is 0.454. The van der Waals surface area contributed by atoms with Gasteiger partial charge in [0, 0.05) is 28.2 Å². The number of hydrogen-bond donors (Lipinski definition) is 1. The fourth-order valence-electron chi connectivity index (χ4n) is 2.58. The number of rotatable bonds is 7. The first kappa shape index (κ1) is 15.3. The predicted octanol–water partition coefficient (Wildman–Crippen LogP) is 4.47. The van der Waals surface area contributed by atoms with Crippen LogP contribution in [0.2, 0.25) is 0 Å². The molecule has 2 nitrogen and oxygen atoms in total. The van der Waals surface area contributed by atoms with E-state index in [9.17, 15) is 0 Å². The Bertz CT molecular complexity index is 525. The Morgan fingerprint density at radius 2 is 1.90 bits per heavy atom. The predicted molar refractivity (Wildman–Crippen MR) is 88.5 cm³/mol. The van der Waals surface area contributed by atoms with Crippen LogP contribution < -0.4 is 5.32 Å². The molecule has 1 atom stereocenters. The zero-order valence-corrected chi connectivity index (χ0v) is 13.8. The topological polar surface area (TPSA) is 17.0 Å². The van der Waals surface area contributed by atoms with E-state index in [0.717, 1.165) is 19.5 Å². The maximum absolute atomic E-state index is 3.58. The van der Waals surface area contributed by atoms with Crippen LogP contribution in [0.5, 0.6) is 0 Å². The lowest BCUT2D eigenvalue weighted by Gasteiger charge is -2.20. The van der Waals surface area contributed by atoms with Crippen LogP contribution in [0.25, 0.3) is 0 Å². The van der Waals surface area contributed by atoms with Crippen LogP contribution >= 0.6 is 11.3 Å². The maximum Gasteiger partial charge on any atom is 0.0563 e. The Balaban J connectivity index is 2.07. The summed E-state index contributed by atoms with van der Waals surface area (Å²) in [5.74, 6) is 0.610. The van der Waals surface area contributed by atoms with Gasteiger partial charge in [0.1, 0.15) is 0 Å². The van der Waals surface area contributed by atoms with Gasteiger partial charge < -0.3 is 9.88 Å². The lowest BCUT2D eigenvalue weighted by molar-refractivity contribution is 0.421. The summed E-state index contributed by atoms with van der Waals surface area (Å²) in [5, 5.41) is 3.58. The fourth-order valence-corrected chi connectivity index (χ4v) is 3.54. The summed E-state index contributed by atoms with van der Waals surface area (Å²) >= 11 is 1.93. The summed E-state index contributed by atoms with van der Waals surface area (Å²) < 4.78 is 2.30. The van der Waals surface area contributed by atoms with Crippen molar-refractivity contribution < 1.29 is 0 Å². The fraction of sp³-hybridized carbons (Fsp3) is 0.529. The highest BCUT2D eigenvalue weighted by Crippen LogP contribution is 2.23. The van der Waals surface area contributed by atoms with Crippen molar-refractivity contribution in [2.75, 3.05) is 6.54 Å². The van der Waals surface area contributed by atoms with Crippen molar-refractivity contribution in [3.8, 4) is 0 Å². The van der Waals surface area contributed by atoms with Crippen molar-refractivity contribution in [1.82, 2.24) is 9.88 Å². The molecule has 2 aromatic heterocycles. The van der Waals surface area contributed by atoms with Crippen molar-refractivity contribution in [1.29, 1.82) is 0 Å². The summed E-state index contributed by atoms with van der Waals surface area (Å²) in [5.41, 5.74) is 1.40. The van der Waals surface area contributed by atoms with Gasteiger partial charge in [0.05, 0.1) is 6.54 Å². The van der Waals surface area contributed by atoms with E-state index in [2.05, 4.69) is 68.2 Å². The van der Waals surface area contributed by atoms with E-state index in [1.165, 1.54) is 15.3 Å². The zero-order valence-electron chi connectivity index (χ0n) is 13.0. The molecule has 3 heteroatoms. The minimum atomic E-state index is 0.454. The molecule has 2 aromatic rings. The number of hydrogen-bond acceptors (Lipinski definition) is 2. The molecule has 0 aromatic carbocycles. The van der Waals surface area contributed by atoms with Gasteiger partial charge in [-0.1, -0.05) is 27.7 Å². The van der Waals surface area contributed by atoms with Crippen LogP contribution in [0.15, 0.2) is 30.6 Å². The van der Waals surface area contributed by atoms with Crippen LogP contribution in [0, 0.1) is 5.92 Å². The molecule has 0 aliphatic rings. The molecule has 2 rings (SSSR count). The lowest BCUT2D eigenvalue weighted by atomic mass is 9.98. The molecular formula is C17H26N2S. The van der Waals surface area contributed by atoms with Gasteiger partial charge in [0.25, 0.3) is 0 Å². The van der Waals surface area contributed by atoms with Gasteiger partial charge in [-0.3, -0.25) is 0 Å². The van der Waals surface area contributed by atoms with Gasteiger partial charge in [-0.05, 0) is 42.6 Å². The highest BCUT2D eigenvalue weighted by Gasteiger charge is 2.15. The van der Waals surface area contributed by atoms with Crippen molar-refractivity contribution in [3.63, 3.8) is 0 Å². The number of nitrogens with one attached hydrogen (secondary N) is 1. The maximum atomic E-state index is 3.58. The summed E-state index contributed by atoms with van der Waals surface area (Å²) in [4.78, 5) is 2.91. The number of aryl methyl sites for hydroxylation is 1. The van der Waals surface area contributed by atoms with Gasteiger partial charge in [0.15, 0.2) is 0 Å². The quantitative estimate of drug-likeness (QED) is 0.796. The third-order valence-corrected chi connectivity index (χ3v) is 4.84. The Hall–Kier alpha value is -1.06. The second kappa shape index (κ2) is 7.09. The summed E-state index contributed by atoms with van der Waals surface area (Å²) in [6.45, 7) is 10.9. The monoisotopic (exact) mass is 290 g/mol. The van der Waals surface area contributed by atoms with Crippen LogP contribution in [0.1, 0.15) is 49.1 Å². The van der Waals surface area contributed by atoms with E-state index in [-0.39, 0.29) is 0 Å².